The van der Waals surface area contributed by atoms with E-state index >= 15 is 0 Å². The Balaban J connectivity index is 2.20. The highest BCUT2D eigenvalue weighted by molar-refractivity contribution is 9.10. The van der Waals surface area contributed by atoms with Crippen LogP contribution in [-0.4, -0.2) is 12.6 Å². The SMILES string of the molecule is CCCNC(C)CCc1cc(Br)cs1. The van der Waals surface area contributed by atoms with Crippen molar-refractivity contribution in [3.05, 3.63) is 20.8 Å². The highest BCUT2D eigenvalue weighted by Gasteiger charge is 2.02. The van der Waals surface area contributed by atoms with E-state index in [4.69, 9.17) is 0 Å². The van der Waals surface area contributed by atoms with Crippen LogP contribution in [0.3, 0.4) is 0 Å². The molecule has 1 unspecified atom stereocenters. The molecular formula is C11H18BrNS. The zero-order valence-corrected chi connectivity index (χ0v) is 11.2. The topological polar surface area (TPSA) is 12.0 Å². The third kappa shape index (κ3) is 4.58. The lowest BCUT2D eigenvalue weighted by Crippen LogP contribution is -2.26. The molecule has 0 radical (unpaired) electrons. The molecule has 0 amide bonds. The summed E-state index contributed by atoms with van der Waals surface area (Å²) in [5.74, 6) is 0. The van der Waals surface area contributed by atoms with Crippen LogP contribution in [0.4, 0.5) is 0 Å². The van der Waals surface area contributed by atoms with E-state index in [1.54, 1.807) is 0 Å². The number of hydrogen-bond acceptors (Lipinski definition) is 2. The Labute approximate surface area is 99.0 Å². The number of rotatable bonds is 6. The number of halogens is 1. The summed E-state index contributed by atoms with van der Waals surface area (Å²) in [4.78, 5) is 1.47. The van der Waals surface area contributed by atoms with Crippen molar-refractivity contribution in [3.8, 4) is 0 Å². The van der Waals surface area contributed by atoms with Crippen LogP contribution in [0.2, 0.25) is 0 Å². The lowest BCUT2D eigenvalue weighted by Gasteiger charge is -2.11. The lowest BCUT2D eigenvalue weighted by atomic mass is 10.1. The Morgan fingerprint density at radius 1 is 1.57 bits per heavy atom. The molecule has 0 aliphatic heterocycles. The lowest BCUT2D eigenvalue weighted by molar-refractivity contribution is 0.515. The molecule has 14 heavy (non-hydrogen) atoms. The van der Waals surface area contributed by atoms with Crippen LogP contribution in [-0.2, 0) is 6.42 Å². The van der Waals surface area contributed by atoms with E-state index in [-0.39, 0.29) is 0 Å². The molecule has 0 saturated carbocycles. The average Bonchev–Trinajstić information content (AvgIpc) is 2.58. The molecule has 1 aromatic heterocycles. The van der Waals surface area contributed by atoms with E-state index in [0.717, 1.165) is 6.54 Å². The van der Waals surface area contributed by atoms with E-state index in [1.807, 2.05) is 11.3 Å². The van der Waals surface area contributed by atoms with Gasteiger partial charge in [-0.3, -0.25) is 0 Å². The van der Waals surface area contributed by atoms with Gasteiger partial charge < -0.3 is 5.32 Å². The van der Waals surface area contributed by atoms with Crippen molar-refractivity contribution in [1.29, 1.82) is 0 Å². The summed E-state index contributed by atoms with van der Waals surface area (Å²) < 4.78 is 1.21. The first-order valence-corrected chi connectivity index (χ1v) is 6.86. The summed E-state index contributed by atoms with van der Waals surface area (Å²) in [5, 5.41) is 5.65. The summed E-state index contributed by atoms with van der Waals surface area (Å²) in [5.41, 5.74) is 0. The first-order chi connectivity index (χ1) is 6.72. The Morgan fingerprint density at radius 3 is 2.93 bits per heavy atom. The van der Waals surface area contributed by atoms with Crippen molar-refractivity contribution in [2.45, 2.75) is 39.2 Å². The first-order valence-electron chi connectivity index (χ1n) is 5.18. The largest absolute Gasteiger partial charge is 0.314 e. The molecule has 3 heteroatoms. The zero-order valence-electron chi connectivity index (χ0n) is 8.85. The maximum absolute atomic E-state index is 3.50. The van der Waals surface area contributed by atoms with Crippen LogP contribution < -0.4 is 5.32 Å². The first kappa shape index (κ1) is 12.2. The van der Waals surface area contributed by atoms with Crippen molar-refractivity contribution in [1.82, 2.24) is 5.32 Å². The van der Waals surface area contributed by atoms with Crippen molar-refractivity contribution in [2.24, 2.45) is 0 Å². The van der Waals surface area contributed by atoms with Gasteiger partial charge in [0.05, 0.1) is 0 Å². The van der Waals surface area contributed by atoms with Gasteiger partial charge in [-0.05, 0) is 54.7 Å². The number of nitrogens with one attached hydrogen (secondary N) is 1. The number of aryl methyl sites for hydroxylation is 1. The van der Waals surface area contributed by atoms with Crippen molar-refractivity contribution < 1.29 is 0 Å². The van der Waals surface area contributed by atoms with Gasteiger partial charge in [-0.2, -0.15) is 0 Å². The van der Waals surface area contributed by atoms with Gasteiger partial charge in [-0.1, -0.05) is 6.92 Å². The Kier molecular flexibility index (Phi) is 5.75. The summed E-state index contributed by atoms with van der Waals surface area (Å²) in [6.07, 6.45) is 3.63. The summed E-state index contributed by atoms with van der Waals surface area (Å²) in [7, 11) is 0. The second-order valence-corrected chi connectivity index (χ2v) is 5.54. The minimum atomic E-state index is 0.635. The van der Waals surface area contributed by atoms with Gasteiger partial charge in [0.1, 0.15) is 0 Å². The quantitative estimate of drug-likeness (QED) is 0.832. The van der Waals surface area contributed by atoms with Crippen molar-refractivity contribution >= 4 is 27.3 Å². The molecule has 0 aliphatic rings. The Bertz CT molecular complexity index is 260. The van der Waals surface area contributed by atoms with Gasteiger partial charge in [0.25, 0.3) is 0 Å². The Morgan fingerprint density at radius 2 is 2.36 bits per heavy atom. The second kappa shape index (κ2) is 6.59. The molecule has 1 aromatic rings. The summed E-state index contributed by atoms with van der Waals surface area (Å²) in [6.45, 7) is 5.60. The van der Waals surface area contributed by atoms with E-state index in [0.29, 0.717) is 6.04 Å². The molecule has 1 rings (SSSR count). The molecule has 0 aliphatic carbocycles. The molecule has 1 N–H and O–H groups in total. The second-order valence-electron chi connectivity index (χ2n) is 3.63. The van der Waals surface area contributed by atoms with E-state index in [1.165, 1.54) is 28.6 Å². The molecule has 0 bridgehead atoms. The average molecular weight is 276 g/mol. The highest BCUT2D eigenvalue weighted by atomic mass is 79.9. The smallest absolute Gasteiger partial charge is 0.0285 e. The van der Waals surface area contributed by atoms with Crippen LogP contribution in [0, 0.1) is 0 Å². The maximum Gasteiger partial charge on any atom is 0.0285 e. The normalized spacial score (nSPS) is 13.1. The number of hydrogen-bond donors (Lipinski definition) is 1. The molecular weight excluding hydrogens is 258 g/mol. The van der Waals surface area contributed by atoms with Gasteiger partial charge in [0.15, 0.2) is 0 Å². The van der Waals surface area contributed by atoms with Gasteiger partial charge in [0.2, 0.25) is 0 Å². The van der Waals surface area contributed by atoms with Crippen LogP contribution in [0.5, 0.6) is 0 Å². The highest BCUT2D eigenvalue weighted by Crippen LogP contribution is 2.21. The van der Waals surface area contributed by atoms with Gasteiger partial charge in [-0.25, -0.2) is 0 Å². The minimum absolute atomic E-state index is 0.635. The Hall–Kier alpha value is 0.140. The fraction of sp³-hybridized carbons (Fsp3) is 0.636. The monoisotopic (exact) mass is 275 g/mol. The van der Waals surface area contributed by atoms with Gasteiger partial charge >= 0.3 is 0 Å². The molecule has 0 fully saturated rings. The number of thiophene rings is 1. The van der Waals surface area contributed by atoms with E-state index < -0.39 is 0 Å². The molecule has 1 atom stereocenters. The molecule has 0 spiro atoms. The molecule has 1 heterocycles. The van der Waals surface area contributed by atoms with Crippen LogP contribution in [0.15, 0.2) is 15.9 Å². The fourth-order valence-corrected chi connectivity index (χ4v) is 2.81. The van der Waals surface area contributed by atoms with Crippen LogP contribution >= 0.6 is 27.3 Å². The predicted molar refractivity (Wildman–Crippen MR) is 68.1 cm³/mol. The standard InChI is InChI=1S/C11H18BrNS/c1-3-6-13-9(2)4-5-11-7-10(12)8-14-11/h7-9,13H,3-6H2,1-2H3. The van der Waals surface area contributed by atoms with Gasteiger partial charge in [-0.15, -0.1) is 11.3 Å². The molecule has 0 aromatic carbocycles. The zero-order chi connectivity index (χ0) is 10.4. The third-order valence-electron chi connectivity index (χ3n) is 2.19. The van der Waals surface area contributed by atoms with E-state index in [9.17, 15) is 0 Å². The summed E-state index contributed by atoms with van der Waals surface area (Å²) >= 11 is 5.32. The fourth-order valence-electron chi connectivity index (χ4n) is 1.34. The molecule has 1 nitrogen and oxygen atoms in total. The minimum Gasteiger partial charge on any atom is -0.314 e. The maximum atomic E-state index is 3.50. The van der Waals surface area contributed by atoms with Crippen molar-refractivity contribution in [3.63, 3.8) is 0 Å². The van der Waals surface area contributed by atoms with Gasteiger partial charge in [0, 0.05) is 20.8 Å². The predicted octanol–water partition coefficient (Wildman–Crippen LogP) is 3.83. The van der Waals surface area contributed by atoms with E-state index in [2.05, 4.69) is 46.5 Å². The van der Waals surface area contributed by atoms with Crippen LogP contribution in [0.25, 0.3) is 0 Å². The molecule has 80 valence electrons. The third-order valence-corrected chi connectivity index (χ3v) is 3.95. The van der Waals surface area contributed by atoms with Crippen LogP contribution in [0.1, 0.15) is 31.6 Å². The molecule has 0 saturated heterocycles. The summed E-state index contributed by atoms with van der Waals surface area (Å²) in [6, 6.07) is 2.85. The van der Waals surface area contributed by atoms with Crippen molar-refractivity contribution in [2.75, 3.05) is 6.54 Å².